The maximum Gasteiger partial charge on any atom is 0.247 e. The van der Waals surface area contributed by atoms with Crippen LogP contribution in [0.25, 0.3) is 22.3 Å². The summed E-state index contributed by atoms with van der Waals surface area (Å²) in [7, 11) is 1.98. The average molecular weight is 463 g/mol. The Labute approximate surface area is 195 Å². The van der Waals surface area contributed by atoms with E-state index in [1.807, 2.05) is 43.4 Å². The molecule has 0 aliphatic rings. The van der Waals surface area contributed by atoms with E-state index in [2.05, 4.69) is 37.3 Å². The third-order valence-corrected chi connectivity index (χ3v) is 5.24. The number of amides is 1. The molecule has 4 rings (SSSR count). The molecular formula is C23H23ClN8O. The lowest BCUT2D eigenvalue weighted by Gasteiger charge is -2.19. The number of carbonyl (C=O) groups is 1. The maximum atomic E-state index is 11.7. The number of aromatic amines is 1. The van der Waals surface area contributed by atoms with Gasteiger partial charge in [0.1, 0.15) is 5.15 Å². The Morgan fingerprint density at radius 3 is 2.79 bits per heavy atom. The highest BCUT2D eigenvalue weighted by atomic mass is 35.5. The molecule has 0 unspecified atom stereocenters. The number of fused-ring (bicyclic) bond motifs is 1. The van der Waals surface area contributed by atoms with E-state index >= 15 is 0 Å². The molecule has 33 heavy (non-hydrogen) atoms. The Bertz CT molecular complexity index is 1320. The van der Waals surface area contributed by atoms with E-state index in [0.717, 1.165) is 23.5 Å². The summed E-state index contributed by atoms with van der Waals surface area (Å²) in [6.45, 7) is 4.78. The van der Waals surface area contributed by atoms with E-state index in [9.17, 15) is 4.79 Å². The number of H-pyrrole nitrogens is 1. The second kappa shape index (κ2) is 9.68. The molecule has 1 amide bonds. The second-order valence-corrected chi connectivity index (χ2v) is 7.67. The minimum absolute atomic E-state index is 0.303. The molecule has 168 valence electrons. The molecule has 0 saturated carbocycles. The fourth-order valence-corrected chi connectivity index (χ4v) is 3.58. The number of carbonyl (C=O) groups excluding carboxylic acids is 1. The van der Waals surface area contributed by atoms with E-state index in [4.69, 9.17) is 22.3 Å². The van der Waals surface area contributed by atoms with Gasteiger partial charge >= 0.3 is 0 Å². The molecular weight excluding hydrogens is 440 g/mol. The van der Waals surface area contributed by atoms with Crippen LogP contribution in [0.2, 0.25) is 5.15 Å². The molecule has 10 heteroatoms. The van der Waals surface area contributed by atoms with Crippen LogP contribution in [0.5, 0.6) is 0 Å². The van der Waals surface area contributed by atoms with E-state index in [1.165, 1.54) is 6.08 Å². The van der Waals surface area contributed by atoms with Gasteiger partial charge in [-0.25, -0.2) is 4.98 Å². The quantitative estimate of drug-likeness (QED) is 0.292. The molecule has 2 heterocycles. The minimum Gasteiger partial charge on any atom is -0.373 e. The molecule has 0 bridgehead atoms. The number of nitrogens with zero attached hydrogens (tertiary/aromatic N) is 4. The summed E-state index contributed by atoms with van der Waals surface area (Å²) in [4.78, 5) is 23.0. The Kier molecular flexibility index (Phi) is 6.53. The van der Waals surface area contributed by atoms with Crippen molar-refractivity contribution >= 4 is 51.6 Å². The normalized spacial score (nSPS) is 10.8. The topological polar surface area (TPSA) is 125 Å². The summed E-state index contributed by atoms with van der Waals surface area (Å²) in [6.07, 6.45) is 1.21. The van der Waals surface area contributed by atoms with Crippen molar-refractivity contribution in [2.45, 2.75) is 0 Å². The first kappa shape index (κ1) is 22.3. The van der Waals surface area contributed by atoms with Gasteiger partial charge in [0.05, 0.1) is 11.1 Å². The van der Waals surface area contributed by atoms with Crippen molar-refractivity contribution in [3.8, 4) is 11.3 Å². The van der Waals surface area contributed by atoms with E-state index in [-0.39, 0.29) is 5.91 Å². The molecule has 9 nitrogen and oxygen atoms in total. The number of nitrogens with two attached hydrogens (primary N) is 1. The molecule has 0 spiro atoms. The highest BCUT2D eigenvalue weighted by Crippen LogP contribution is 2.33. The summed E-state index contributed by atoms with van der Waals surface area (Å²) >= 11 is 6.35. The zero-order valence-corrected chi connectivity index (χ0v) is 18.7. The van der Waals surface area contributed by atoms with Crippen molar-refractivity contribution in [2.24, 2.45) is 5.73 Å². The van der Waals surface area contributed by atoms with Crippen molar-refractivity contribution in [3.05, 3.63) is 66.3 Å². The number of likely N-dealkylation sites (N-methyl/N-ethyl adjacent to an activating group) is 1. The van der Waals surface area contributed by atoms with Crippen molar-refractivity contribution < 1.29 is 4.79 Å². The molecule has 2 aromatic heterocycles. The van der Waals surface area contributed by atoms with Crippen LogP contribution in [0.1, 0.15) is 0 Å². The van der Waals surface area contributed by atoms with Crippen LogP contribution in [-0.2, 0) is 4.79 Å². The molecule has 2 aromatic carbocycles. The Morgan fingerprint density at radius 2 is 2.00 bits per heavy atom. The molecule has 5 N–H and O–H groups in total. The van der Waals surface area contributed by atoms with Gasteiger partial charge in [0.15, 0.2) is 5.65 Å². The number of nitrogens with one attached hydrogen (secondary N) is 3. The van der Waals surface area contributed by atoms with Crippen LogP contribution in [0.3, 0.4) is 0 Å². The monoisotopic (exact) mass is 462 g/mol. The number of halogens is 1. The molecule has 0 saturated heterocycles. The van der Waals surface area contributed by atoms with Gasteiger partial charge in [-0.1, -0.05) is 36.4 Å². The summed E-state index contributed by atoms with van der Waals surface area (Å²) in [5.74, 6) is 0.0583. The van der Waals surface area contributed by atoms with E-state index in [1.54, 1.807) is 12.1 Å². The molecule has 0 aliphatic carbocycles. The first-order valence-electron chi connectivity index (χ1n) is 10.2. The minimum atomic E-state index is -0.303. The molecule has 0 atom stereocenters. The first-order valence-corrected chi connectivity index (χ1v) is 10.6. The molecule has 0 fully saturated rings. The van der Waals surface area contributed by atoms with Crippen molar-refractivity contribution in [1.29, 1.82) is 0 Å². The summed E-state index contributed by atoms with van der Waals surface area (Å²) in [5, 5.41) is 13.9. The molecule has 4 aromatic rings. The molecule has 0 radical (unpaired) electrons. The van der Waals surface area contributed by atoms with Gasteiger partial charge < -0.3 is 21.3 Å². The number of benzene rings is 2. The van der Waals surface area contributed by atoms with Crippen LogP contribution >= 0.6 is 11.6 Å². The fourth-order valence-electron chi connectivity index (χ4n) is 3.37. The predicted octanol–water partition coefficient (Wildman–Crippen LogP) is 3.94. The Morgan fingerprint density at radius 1 is 1.21 bits per heavy atom. The number of hydrogen-bond acceptors (Lipinski definition) is 7. The molecule has 0 aliphatic heterocycles. The number of aromatic nitrogens is 4. The number of rotatable bonds is 8. The number of hydrogen-bond donors (Lipinski definition) is 4. The predicted molar refractivity (Wildman–Crippen MR) is 133 cm³/mol. The van der Waals surface area contributed by atoms with Gasteiger partial charge in [0.2, 0.25) is 11.9 Å². The van der Waals surface area contributed by atoms with Gasteiger partial charge in [0.25, 0.3) is 0 Å². The van der Waals surface area contributed by atoms with Crippen molar-refractivity contribution in [2.75, 3.05) is 35.7 Å². The van der Waals surface area contributed by atoms with E-state index < -0.39 is 0 Å². The van der Waals surface area contributed by atoms with Gasteiger partial charge in [-0.05, 0) is 36.4 Å². The smallest absolute Gasteiger partial charge is 0.247 e. The second-order valence-electron chi connectivity index (χ2n) is 7.29. The summed E-state index contributed by atoms with van der Waals surface area (Å²) in [6, 6.07) is 15.2. The number of anilines is 4. The Balaban J connectivity index is 1.73. The van der Waals surface area contributed by atoms with E-state index in [0.29, 0.717) is 40.1 Å². The van der Waals surface area contributed by atoms with Crippen LogP contribution in [0.4, 0.5) is 23.0 Å². The van der Waals surface area contributed by atoms with Crippen LogP contribution in [-0.4, -0.2) is 46.2 Å². The zero-order valence-electron chi connectivity index (χ0n) is 18.0. The maximum absolute atomic E-state index is 11.7. The SMILES string of the molecule is C=CC(=O)Nc1cccc(-c2nc(Nc3cccc(N(C)CCN)c3)nc3n[nH]c(Cl)c23)c1. The largest absolute Gasteiger partial charge is 0.373 e. The highest BCUT2D eigenvalue weighted by Gasteiger charge is 2.17. The van der Waals surface area contributed by atoms with Gasteiger partial charge in [-0.3, -0.25) is 9.89 Å². The lowest BCUT2D eigenvalue weighted by molar-refractivity contribution is -0.111. The highest BCUT2D eigenvalue weighted by molar-refractivity contribution is 6.35. The van der Waals surface area contributed by atoms with Crippen LogP contribution in [0.15, 0.2) is 61.2 Å². The average Bonchev–Trinajstić information content (AvgIpc) is 3.19. The van der Waals surface area contributed by atoms with Gasteiger partial charge in [0, 0.05) is 42.8 Å². The Hall–Kier alpha value is -3.95. The van der Waals surface area contributed by atoms with Crippen molar-refractivity contribution in [3.63, 3.8) is 0 Å². The lowest BCUT2D eigenvalue weighted by atomic mass is 10.1. The third-order valence-electron chi connectivity index (χ3n) is 4.97. The zero-order chi connectivity index (χ0) is 23.4. The van der Waals surface area contributed by atoms with Crippen molar-refractivity contribution in [1.82, 2.24) is 20.2 Å². The van der Waals surface area contributed by atoms with Gasteiger partial charge in [-0.15, -0.1) is 0 Å². The van der Waals surface area contributed by atoms with Gasteiger partial charge in [-0.2, -0.15) is 10.1 Å². The van der Waals surface area contributed by atoms with Crippen LogP contribution in [0, 0.1) is 0 Å². The standard InChI is InChI=1S/C23H23ClN8O/c1-3-18(33)26-15-7-4-6-14(12-15)20-19-21(24)30-31-22(19)29-23(28-20)27-16-8-5-9-17(13-16)32(2)11-10-25/h3-9,12-13H,1,10-11,25H2,2H3,(H,26,33)(H2,27,28,29,30,31). The lowest BCUT2D eigenvalue weighted by Crippen LogP contribution is -2.24. The first-order chi connectivity index (χ1) is 16.0. The summed E-state index contributed by atoms with van der Waals surface area (Å²) in [5.41, 5.74) is 9.85. The van der Waals surface area contributed by atoms with Crippen LogP contribution < -0.4 is 21.3 Å². The third kappa shape index (κ3) is 4.94. The summed E-state index contributed by atoms with van der Waals surface area (Å²) < 4.78 is 0. The fraction of sp³-hybridized carbons (Fsp3) is 0.130.